The van der Waals surface area contributed by atoms with Crippen LogP contribution in [0.1, 0.15) is 94.7 Å². The number of aliphatic hydroxyl groups is 1. The molecule has 0 saturated carbocycles. The Balaban J connectivity index is 2.44. The van der Waals surface area contributed by atoms with Crippen molar-refractivity contribution in [3.05, 3.63) is 16.1 Å². The summed E-state index contributed by atoms with van der Waals surface area (Å²) in [6.07, 6.45) is 13.2. The minimum Gasteiger partial charge on any atom is -0.389 e. The zero-order valence-corrected chi connectivity index (χ0v) is 14.1. The molecule has 1 aromatic heterocycles. The molecule has 0 saturated heterocycles. The topological polar surface area (TPSA) is 33.1 Å². The molecule has 0 aliphatic rings. The number of aromatic nitrogens is 1. The standard InChI is InChI=1S/C17H31NOS/c1-3-5-7-9-11-15(12-10-8-6-4-2)16-14-20-17(13-19)18-16/h14-15,19H,3-13H2,1-2H3. The van der Waals surface area contributed by atoms with Gasteiger partial charge in [-0.2, -0.15) is 0 Å². The van der Waals surface area contributed by atoms with Gasteiger partial charge in [0.25, 0.3) is 0 Å². The van der Waals surface area contributed by atoms with E-state index in [4.69, 9.17) is 0 Å². The molecule has 0 aliphatic carbocycles. The van der Waals surface area contributed by atoms with Gasteiger partial charge in [-0.25, -0.2) is 4.98 Å². The van der Waals surface area contributed by atoms with Crippen LogP contribution in [0.4, 0.5) is 0 Å². The van der Waals surface area contributed by atoms with Crippen molar-refractivity contribution in [1.82, 2.24) is 4.98 Å². The molecule has 1 aromatic rings. The van der Waals surface area contributed by atoms with Gasteiger partial charge in [-0.15, -0.1) is 11.3 Å². The zero-order chi connectivity index (χ0) is 14.6. The monoisotopic (exact) mass is 297 g/mol. The van der Waals surface area contributed by atoms with E-state index in [2.05, 4.69) is 24.2 Å². The third-order valence-electron chi connectivity index (χ3n) is 3.94. The highest BCUT2D eigenvalue weighted by molar-refractivity contribution is 7.09. The van der Waals surface area contributed by atoms with Crippen molar-refractivity contribution in [2.24, 2.45) is 0 Å². The number of thiazole rings is 1. The minimum absolute atomic E-state index is 0.0864. The Kier molecular flexibility index (Phi) is 9.94. The first-order chi connectivity index (χ1) is 9.81. The molecule has 20 heavy (non-hydrogen) atoms. The molecule has 1 heterocycles. The first kappa shape index (κ1) is 17.6. The first-order valence-corrected chi connectivity index (χ1v) is 9.24. The van der Waals surface area contributed by atoms with E-state index in [1.165, 1.54) is 69.9 Å². The van der Waals surface area contributed by atoms with Crippen LogP contribution >= 0.6 is 11.3 Å². The third-order valence-corrected chi connectivity index (χ3v) is 4.79. The van der Waals surface area contributed by atoms with Gasteiger partial charge in [-0.1, -0.05) is 65.2 Å². The second-order valence-corrected chi connectivity index (χ2v) is 6.66. The van der Waals surface area contributed by atoms with Crippen LogP contribution in [0.5, 0.6) is 0 Å². The molecule has 3 heteroatoms. The number of hydrogen-bond acceptors (Lipinski definition) is 3. The van der Waals surface area contributed by atoms with E-state index in [9.17, 15) is 5.11 Å². The highest BCUT2D eigenvalue weighted by atomic mass is 32.1. The summed E-state index contributed by atoms with van der Waals surface area (Å²) in [5.74, 6) is 0.611. The molecule has 1 rings (SSSR count). The van der Waals surface area contributed by atoms with Gasteiger partial charge >= 0.3 is 0 Å². The number of aliphatic hydroxyl groups excluding tert-OH is 1. The molecule has 0 radical (unpaired) electrons. The van der Waals surface area contributed by atoms with Gasteiger partial charge in [-0.3, -0.25) is 0 Å². The van der Waals surface area contributed by atoms with E-state index in [1.807, 2.05) is 0 Å². The van der Waals surface area contributed by atoms with Crippen molar-refractivity contribution in [1.29, 1.82) is 0 Å². The second kappa shape index (κ2) is 11.3. The predicted octanol–water partition coefficient (Wildman–Crippen LogP) is 5.66. The zero-order valence-electron chi connectivity index (χ0n) is 13.2. The van der Waals surface area contributed by atoms with Crippen molar-refractivity contribution in [2.45, 2.75) is 90.6 Å². The lowest BCUT2D eigenvalue weighted by molar-refractivity contribution is 0.280. The van der Waals surface area contributed by atoms with Crippen LogP contribution in [-0.4, -0.2) is 10.1 Å². The molecule has 0 spiro atoms. The third kappa shape index (κ3) is 6.85. The maximum absolute atomic E-state index is 9.17. The van der Waals surface area contributed by atoms with Crippen LogP contribution in [0.3, 0.4) is 0 Å². The van der Waals surface area contributed by atoms with Crippen molar-refractivity contribution in [3.8, 4) is 0 Å². The van der Waals surface area contributed by atoms with Crippen LogP contribution in [0.15, 0.2) is 5.38 Å². The van der Waals surface area contributed by atoms with Crippen molar-refractivity contribution < 1.29 is 5.11 Å². The lowest BCUT2D eigenvalue weighted by Gasteiger charge is -2.14. The fourth-order valence-electron chi connectivity index (χ4n) is 2.66. The van der Waals surface area contributed by atoms with Gasteiger partial charge in [0.05, 0.1) is 12.3 Å². The number of nitrogens with zero attached hydrogens (tertiary/aromatic N) is 1. The van der Waals surface area contributed by atoms with Crippen molar-refractivity contribution >= 4 is 11.3 Å². The summed E-state index contributed by atoms with van der Waals surface area (Å²) < 4.78 is 0. The maximum atomic E-state index is 9.17. The van der Waals surface area contributed by atoms with E-state index >= 15 is 0 Å². The summed E-state index contributed by atoms with van der Waals surface area (Å²) in [5.41, 5.74) is 1.23. The molecule has 1 N–H and O–H groups in total. The van der Waals surface area contributed by atoms with Crippen LogP contribution < -0.4 is 0 Å². The average Bonchev–Trinajstić information content (AvgIpc) is 2.94. The normalized spacial score (nSPS) is 11.4. The van der Waals surface area contributed by atoms with Gasteiger partial charge in [-0.05, 0) is 12.8 Å². The van der Waals surface area contributed by atoms with E-state index in [0.29, 0.717) is 5.92 Å². The fraction of sp³-hybridized carbons (Fsp3) is 0.824. The molecule has 0 amide bonds. The van der Waals surface area contributed by atoms with Crippen LogP contribution in [0.25, 0.3) is 0 Å². The quantitative estimate of drug-likeness (QED) is 0.505. The summed E-state index contributed by atoms with van der Waals surface area (Å²) in [6, 6.07) is 0. The number of rotatable bonds is 12. The molecule has 0 atom stereocenters. The molecule has 0 aromatic carbocycles. The summed E-state index contributed by atoms with van der Waals surface area (Å²) in [6.45, 7) is 4.61. The molecular formula is C17H31NOS. The molecular weight excluding hydrogens is 266 g/mol. The maximum Gasteiger partial charge on any atom is 0.118 e. The van der Waals surface area contributed by atoms with E-state index < -0.39 is 0 Å². The summed E-state index contributed by atoms with van der Waals surface area (Å²) in [7, 11) is 0. The lowest BCUT2D eigenvalue weighted by Crippen LogP contribution is -2.01. The molecule has 0 unspecified atom stereocenters. The SMILES string of the molecule is CCCCCCC(CCCCCC)c1csc(CO)n1. The summed E-state index contributed by atoms with van der Waals surface area (Å²) in [5, 5.41) is 12.2. The highest BCUT2D eigenvalue weighted by Gasteiger charge is 2.14. The predicted molar refractivity (Wildman–Crippen MR) is 88.3 cm³/mol. The number of unbranched alkanes of at least 4 members (excludes halogenated alkanes) is 6. The van der Waals surface area contributed by atoms with E-state index in [0.717, 1.165) is 5.01 Å². The Morgan fingerprint density at radius 3 is 2.05 bits per heavy atom. The molecule has 0 fully saturated rings. The van der Waals surface area contributed by atoms with Crippen LogP contribution in [-0.2, 0) is 6.61 Å². The molecule has 2 nitrogen and oxygen atoms in total. The largest absolute Gasteiger partial charge is 0.389 e. The van der Waals surface area contributed by atoms with Crippen LogP contribution in [0, 0.1) is 0 Å². The number of hydrogen-bond donors (Lipinski definition) is 1. The van der Waals surface area contributed by atoms with Gasteiger partial charge < -0.3 is 5.11 Å². The fourth-order valence-corrected chi connectivity index (χ4v) is 3.39. The van der Waals surface area contributed by atoms with Gasteiger partial charge in [0, 0.05) is 11.3 Å². The first-order valence-electron chi connectivity index (χ1n) is 8.36. The molecule has 0 bridgehead atoms. The Hall–Kier alpha value is -0.410. The highest BCUT2D eigenvalue weighted by Crippen LogP contribution is 2.29. The van der Waals surface area contributed by atoms with E-state index in [1.54, 1.807) is 11.3 Å². The van der Waals surface area contributed by atoms with E-state index in [-0.39, 0.29) is 6.61 Å². The van der Waals surface area contributed by atoms with Gasteiger partial charge in [0.15, 0.2) is 0 Å². The average molecular weight is 298 g/mol. The molecule has 116 valence electrons. The van der Waals surface area contributed by atoms with Gasteiger partial charge in [0.1, 0.15) is 5.01 Å². The van der Waals surface area contributed by atoms with Crippen LogP contribution in [0.2, 0.25) is 0 Å². The van der Waals surface area contributed by atoms with Crippen molar-refractivity contribution in [3.63, 3.8) is 0 Å². The Bertz CT molecular complexity index is 325. The van der Waals surface area contributed by atoms with Gasteiger partial charge in [0.2, 0.25) is 0 Å². The lowest BCUT2D eigenvalue weighted by atomic mass is 9.92. The summed E-state index contributed by atoms with van der Waals surface area (Å²) in [4.78, 5) is 4.60. The van der Waals surface area contributed by atoms with Crippen molar-refractivity contribution in [2.75, 3.05) is 0 Å². The Morgan fingerprint density at radius 2 is 1.60 bits per heavy atom. The Labute approximate surface area is 128 Å². The molecule has 0 aliphatic heterocycles. The minimum atomic E-state index is 0.0864. The Morgan fingerprint density at radius 1 is 1.00 bits per heavy atom. The summed E-state index contributed by atoms with van der Waals surface area (Å²) >= 11 is 1.60. The second-order valence-electron chi connectivity index (χ2n) is 5.72. The smallest absolute Gasteiger partial charge is 0.118 e.